The van der Waals surface area contributed by atoms with Crippen LogP contribution in [0.2, 0.25) is 0 Å². The quantitative estimate of drug-likeness (QED) is 0.728. The molecule has 1 fully saturated rings. The predicted octanol–water partition coefficient (Wildman–Crippen LogP) is 3.36. The molecule has 0 unspecified atom stereocenters. The fraction of sp³-hybridized carbons (Fsp3) is 0.333. The first kappa shape index (κ1) is 21.5. The van der Waals surface area contributed by atoms with Crippen LogP contribution in [0.4, 0.5) is 17.1 Å². The Balaban J connectivity index is 1.73. The lowest BCUT2D eigenvalue weighted by Gasteiger charge is -2.49. The molecule has 2 aliphatic heterocycles. The molecule has 2 heterocycles. The first-order valence-corrected chi connectivity index (χ1v) is 10.8. The highest BCUT2D eigenvalue weighted by Gasteiger charge is 2.60. The molecule has 0 radical (unpaired) electrons. The van der Waals surface area contributed by atoms with Crippen molar-refractivity contribution < 1.29 is 19.2 Å². The van der Waals surface area contributed by atoms with Crippen molar-refractivity contribution in [3.8, 4) is 0 Å². The van der Waals surface area contributed by atoms with E-state index in [0.29, 0.717) is 29.2 Å². The van der Waals surface area contributed by atoms with Gasteiger partial charge in [-0.1, -0.05) is 25.5 Å². The first-order valence-electron chi connectivity index (χ1n) is 10.8. The van der Waals surface area contributed by atoms with Crippen molar-refractivity contribution in [2.75, 3.05) is 22.1 Å². The molecule has 2 aromatic rings. The van der Waals surface area contributed by atoms with Crippen LogP contribution in [0.3, 0.4) is 0 Å². The maximum atomic E-state index is 13.7. The molecule has 1 saturated heterocycles. The molecule has 2 aromatic carbocycles. The van der Waals surface area contributed by atoms with Gasteiger partial charge in [-0.2, -0.15) is 0 Å². The van der Waals surface area contributed by atoms with E-state index in [2.05, 4.69) is 10.6 Å². The van der Waals surface area contributed by atoms with Crippen LogP contribution in [0.15, 0.2) is 48.5 Å². The van der Waals surface area contributed by atoms with E-state index in [1.165, 1.54) is 11.8 Å². The molecule has 2 N–H and O–H groups in total. The summed E-state index contributed by atoms with van der Waals surface area (Å²) in [5.74, 6) is -1.03. The largest absolute Gasteiger partial charge is 0.326 e. The fourth-order valence-electron chi connectivity index (χ4n) is 4.48. The molecule has 1 atom stereocenters. The number of hydrogen-bond acceptors (Lipinski definition) is 4. The molecule has 2 aliphatic rings. The normalized spacial score (nSPS) is 19.4. The summed E-state index contributed by atoms with van der Waals surface area (Å²) in [6, 6.07) is 13.7. The number of fused-ring (bicyclic) bond motifs is 3. The molecular weight excluding hydrogens is 408 g/mol. The third kappa shape index (κ3) is 3.51. The molecule has 0 spiro atoms. The maximum absolute atomic E-state index is 13.7. The average Bonchev–Trinajstić information content (AvgIpc) is 3.13. The van der Waals surface area contributed by atoms with Gasteiger partial charge in [0.1, 0.15) is 0 Å². The third-order valence-electron chi connectivity index (χ3n) is 5.94. The highest BCUT2D eigenvalue weighted by molar-refractivity contribution is 6.18. The van der Waals surface area contributed by atoms with Gasteiger partial charge in [-0.25, -0.2) is 0 Å². The average molecular weight is 434 g/mol. The van der Waals surface area contributed by atoms with E-state index in [0.717, 1.165) is 12.8 Å². The summed E-state index contributed by atoms with van der Waals surface area (Å²) in [5.41, 5.74) is 0.622. The number of carbonyl (C=O) groups excluding carboxylic acids is 4. The van der Waals surface area contributed by atoms with Gasteiger partial charge in [0.2, 0.25) is 17.5 Å². The number of hydrogen-bond donors (Lipinski definition) is 2. The van der Waals surface area contributed by atoms with E-state index in [9.17, 15) is 19.2 Å². The Morgan fingerprint density at radius 3 is 2.31 bits per heavy atom. The Hall–Kier alpha value is -3.68. The number of amides is 4. The molecule has 4 amide bonds. The molecular formula is C24H26N4O4. The molecule has 8 heteroatoms. The minimum absolute atomic E-state index is 0.178. The molecule has 8 nitrogen and oxygen atoms in total. The maximum Gasteiger partial charge on any atom is 0.271 e. The molecule has 0 aliphatic carbocycles. The van der Waals surface area contributed by atoms with E-state index in [1.807, 2.05) is 6.92 Å². The molecule has 0 aromatic heterocycles. The zero-order chi connectivity index (χ0) is 22.9. The van der Waals surface area contributed by atoms with Crippen LogP contribution in [0.25, 0.3) is 0 Å². The van der Waals surface area contributed by atoms with Crippen LogP contribution in [0.1, 0.15) is 49.9 Å². The summed E-state index contributed by atoms with van der Waals surface area (Å²) in [6.45, 7) is 3.81. The van der Waals surface area contributed by atoms with Gasteiger partial charge in [-0.15, -0.1) is 0 Å². The second-order valence-corrected chi connectivity index (χ2v) is 8.09. The summed E-state index contributed by atoms with van der Waals surface area (Å²) in [6.07, 6.45) is 1.97. The van der Waals surface area contributed by atoms with Crippen LogP contribution >= 0.6 is 0 Å². The van der Waals surface area contributed by atoms with Crippen molar-refractivity contribution in [3.63, 3.8) is 0 Å². The minimum atomic E-state index is -1.41. The van der Waals surface area contributed by atoms with Gasteiger partial charge >= 0.3 is 0 Å². The van der Waals surface area contributed by atoms with Gasteiger partial charge in [0.05, 0.1) is 11.3 Å². The second kappa shape index (κ2) is 8.45. The van der Waals surface area contributed by atoms with Crippen molar-refractivity contribution in [2.24, 2.45) is 0 Å². The molecule has 0 saturated carbocycles. The number of carbonyl (C=O) groups is 4. The van der Waals surface area contributed by atoms with E-state index in [1.54, 1.807) is 53.4 Å². The number of unbranched alkanes of at least 4 members (excludes halogenated alkanes) is 1. The lowest BCUT2D eigenvalue weighted by atomic mass is 9.95. The number of nitrogens with zero attached hydrogens (tertiary/aromatic N) is 2. The van der Waals surface area contributed by atoms with Crippen LogP contribution in [-0.2, 0) is 14.4 Å². The van der Waals surface area contributed by atoms with Crippen molar-refractivity contribution in [3.05, 3.63) is 54.1 Å². The number of para-hydroxylation sites is 1. The Bertz CT molecular complexity index is 1080. The summed E-state index contributed by atoms with van der Waals surface area (Å²) in [5, 5.41) is 5.57. The van der Waals surface area contributed by atoms with Crippen LogP contribution in [-0.4, -0.2) is 40.7 Å². The Kier molecular flexibility index (Phi) is 5.69. The van der Waals surface area contributed by atoms with Gasteiger partial charge in [-0.05, 0) is 42.8 Å². The van der Waals surface area contributed by atoms with Gasteiger partial charge in [-0.3, -0.25) is 24.1 Å². The summed E-state index contributed by atoms with van der Waals surface area (Å²) in [4.78, 5) is 54.5. The third-order valence-corrected chi connectivity index (χ3v) is 5.94. The highest BCUT2D eigenvalue weighted by atomic mass is 16.2. The monoisotopic (exact) mass is 434 g/mol. The van der Waals surface area contributed by atoms with Gasteiger partial charge in [0.15, 0.2) is 0 Å². The van der Waals surface area contributed by atoms with Gasteiger partial charge in [0.25, 0.3) is 11.8 Å². The fourth-order valence-corrected chi connectivity index (χ4v) is 4.48. The SMILES string of the molecule is CCCCN1C(=O)c2ccccc2N2C(=O)CC[C@@]12C(=O)Nc1ccc(NC(C)=O)cc1. The number of anilines is 3. The predicted molar refractivity (Wildman–Crippen MR) is 121 cm³/mol. The number of nitrogens with one attached hydrogen (secondary N) is 2. The summed E-state index contributed by atoms with van der Waals surface area (Å²) < 4.78 is 0. The summed E-state index contributed by atoms with van der Waals surface area (Å²) >= 11 is 0. The minimum Gasteiger partial charge on any atom is -0.326 e. The Labute approximate surface area is 186 Å². The molecule has 4 rings (SSSR count). The number of benzene rings is 2. The van der Waals surface area contributed by atoms with Crippen molar-refractivity contribution in [1.29, 1.82) is 0 Å². The standard InChI is InChI=1S/C24H26N4O4/c1-3-4-15-27-22(31)19-7-5-6-8-20(19)28-21(30)13-14-24(27,28)23(32)26-18-11-9-17(10-12-18)25-16(2)29/h5-12H,3-4,13-15H2,1-2H3,(H,25,29)(H,26,32)/t24-/m1/s1. The Morgan fingerprint density at radius 2 is 1.66 bits per heavy atom. The van der Waals surface area contributed by atoms with Crippen molar-refractivity contribution in [2.45, 2.75) is 45.2 Å². The van der Waals surface area contributed by atoms with E-state index in [4.69, 9.17) is 0 Å². The van der Waals surface area contributed by atoms with E-state index < -0.39 is 11.6 Å². The zero-order valence-corrected chi connectivity index (χ0v) is 18.2. The smallest absolute Gasteiger partial charge is 0.271 e. The Morgan fingerprint density at radius 1 is 1.00 bits per heavy atom. The highest BCUT2D eigenvalue weighted by Crippen LogP contribution is 2.45. The van der Waals surface area contributed by atoms with Crippen LogP contribution < -0.4 is 15.5 Å². The van der Waals surface area contributed by atoms with Gasteiger partial charge in [0, 0.05) is 37.7 Å². The van der Waals surface area contributed by atoms with E-state index >= 15 is 0 Å². The van der Waals surface area contributed by atoms with Crippen molar-refractivity contribution >= 4 is 40.7 Å². The van der Waals surface area contributed by atoms with Crippen LogP contribution in [0, 0.1) is 0 Å². The zero-order valence-electron chi connectivity index (χ0n) is 18.2. The molecule has 0 bridgehead atoms. The topological polar surface area (TPSA) is 98.8 Å². The van der Waals surface area contributed by atoms with Crippen molar-refractivity contribution in [1.82, 2.24) is 4.90 Å². The van der Waals surface area contributed by atoms with Crippen LogP contribution in [0.5, 0.6) is 0 Å². The molecule has 166 valence electrons. The summed E-state index contributed by atoms with van der Waals surface area (Å²) in [7, 11) is 0. The lowest BCUT2D eigenvalue weighted by molar-refractivity contribution is -0.129. The van der Waals surface area contributed by atoms with Gasteiger partial charge < -0.3 is 15.5 Å². The molecule has 32 heavy (non-hydrogen) atoms. The first-order chi connectivity index (χ1) is 15.4. The lowest BCUT2D eigenvalue weighted by Crippen LogP contribution is -2.69. The van der Waals surface area contributed by atoms with E-state index in [-0.39, 0.29) is 30.6 Å². The second-order valence-electron chi connectivity index (χ2n) is 8.09. The number of rotatable bonds is 6.